The minimum absolute atomic E-state index is 1.11. The molecule has 0 aliphatic rings. The molecule has 12 aromatic carbocycles. The predicted octanol–water partition coefficient (Wildman–Crippen LogP) is 17.2. The summed E-state index contributed by atoms with van der Waals surface area (Å²) in [6.45, 7) is 0. The fourth-order valence-corrected chi connectivity index (χ4v) is 9.84. The van der Waals surface area contributed by atoms with Gasteiger partial charge in [-0.15, -0.1) is 0 Å². The van der Waals surface area contributed by atoms with Crippen molar-refractivity contribution >= 4 is 88.0 Å². The van der Waals surface area contributed by atoms with Crippen LogP contribution in [0.5, 0.6) is 0 Å². The zero-order valence-electron chi connectivity index (χ0n) is 34.0. The predicted molar refractivity (Wildman–Crippen MR) is 265 cm³/mol. The molecular weight excluding hydrogens is 749 g/mol. The fourth-order valence-electron chi connectivity index (χ4n) is 9.84. The summed E-state index contributed by atoms with van der Waals surface area (Å²) < 4.78 is 0. The van der Waals surface area contributed by atoms with Crippen molar-refractivity contribution in [1.29, 1.82) is 0 Å². The van der Waals surface area contributed by atoms with Crippen molar-refractivity contribution in [3.05, 3.63) is 243 Å². The highest BCUT2D eigenvalue weighted by molar-refractivity contribution is 6.28. The Morgan fingerprint density at radius 2 is 0.548 bits per heavy atom. The third-order valence-corrected chi connectivity index (χ3v) is 12.6. The minimum atomic E-state index is 1.11. The summed E-state index contributed by atoms with van der Waals surface area (Å²) in [4.78, 5) is 4.92. The summed E-state index contributed by atoms with van der Waals surface area (Å²) in [6, 6.07) is 88.6. The van der Waals surface area contributed by atoms with Gasteiger partial charge in [0, 0.05) is 33.3 Å². The maximum absolute atomic E-state index is 2.46. The second kappa shape index (κ2) is 14.8. The molecule has 0 amide bonds. The molecule has 12 rings (SSSR count). The van der Waals surface area contributed by atoms with Crippen LogP contribution in [0.1, 0.15) is 0 Å². The number of hydrogen-bond donors (Lipinski definition) is 0. The van der Waals surface area contributed by atoms with Gasteiger partial charge in [-0.05, 0) is 103 Å². The Morgan fingerprint density at radius 1 is 0.194 bits per heavy atom. The van der Waals surface area contributed by atoms with Gasteiger partial charge in [0.1, 0.15) is 0 Å². The molecule has 0 radical (unpaired) electrons. The first-order valence-corrected chi connectivity index (χ1v) is 21.4. The largest absolute Gasteiger partial charge is 0.309 e. The van der Waals surface area contributed by atoms with Crippen LogP contribution in [0, 0.1) is 0 Å². The Balaban J connectivity index is 1.11. The highest BCUT2D eigenvalue weighted by atomic mass is 15.2. The molecule has 0 aliphatic carbocycles. The van der Waals surface area contributed by atoms with E-state index in [0.717, 1.165) is 34.1 Å². The van der Waals surface area contributed by atoms with E-state index < -0.39 is 0 Å². The summed E-state index contributed by atoms with van der Waals surface area (Å²) in [6.07, 6.45) is 0. The third-order valence-electron chi connectivity index (χ3n) is 12.6. The first-order valence-electron chi connectivity index (χ1n) is 21.4. The maximum Gasteiger partial charge on any atom is 0.0540 e. The summed E-state index contributed by atoms with van der Waals surface area (Å²) in [5.41, 5.74) is 11.5. The summed E-state index contributed by atoms with van der Waals surface area (Å²) in [5, 5.41) is 12.3. The standard InChI is InChI=1S/C60H40N2/c1-3-21-45(22-4-1)61(55-31-13-11-27-51(55)49-29-15-19-41-17-7-9-25-47(41)49)57-39-35-43-34-38-54-58(40-36-44-33-37-53(57)59(43)60(44)54)62(46-23-5-2-6-24-46)56-32-14-12-28-52(56)50-30-16-20-42-18-8-10-26-48(42)50/h1-40H. The summed E-state index contributed by atoms with van der Waals surface area (Å²) >= 11 is 0. The normalized spacial score (nSPS) is 11.5. The quantitative estimate of drug-likeness (QED) is 0.142. The Kier molecular flexibility index (Phi) is 8.53. The van der Waals surface area contributed by atoms with Gasteiger partial charge >= 0.3 is 0 Å². The van der Waals surface area contributed by atoms with Crippen molar-refractivity contribution in [2.45, 2.75) is 0 Å². The number of para-hydroxylation sites is 4. The Labute approximate surface area is 361 Å². The SMILES string of the molecule is c1ccc(N(c2ccccc2-c2cccc3ccccc23)c2ccc3ccc4c(N(c5ccccc5)c5ccccc5-c5cccc6ccccc56)ccc5ccc2c3c54)cc1. The van der Waals surface area contributed by atoms with Gasteiger partial charge in [0.15, 0.2) is 0 Å². The molecule has 0 N–H and O–H groups in total. The van der Waals surface area contributed by atoms with Crippen LogP contribution in [0.3, 0.4) is 0 Å². The molecule has 2 heteroatoms. The average molecular weight is 789 g/mol. The van der Waals surface area contributed by atoms with E-state index in [1.165, 1.54) is 76.1 Å². The van der Waals surface area contributed by atoms with Crippen LogP contribution in [0.15, 0.2) is 243 Å². The zero-order valence-corrected chi connectivity index (χ0v) is 34.0. The number of hydrogen-bond acceptors (Lipinski definition) is 2. The lowest BCUT2D eigenvalue weighted by molar-refractivity contribution is 1.30. The van der Waals surface area contributed by atoms with E-state index in [2.05, 4.69) is 252 Å². The van der Waals surface area contributed by atoms with E-state index in [1.807, 2.05) is 0 Å². The van der Waals surface area contributed by atoms with Crippen LogP contribution in [0.4, 0.5) is 34.1 Å². The van der Waals surface area contributed by atoms with Crippen LogP contribution in [-0.2, 0) is 0 Å². The van der Waals surface area contributed by atoms with Crippen molar-refractivity contribution < 1.29 is 0 Å². The van der Waals surface area contributed by atoms with E-state index in [9.17, 15) is 0 Å². The first kappa shape index (κ1) is 35.7. The smallest absolute Gasteiger partial charge is 0.0540 e. The zero-order chi connectivity index (χ0) is 41.0. The van der Waals surface area contributed by atoms with Crippen molar-refractivity contribution in [2.24, 2.45) is 0 Å². The third kappa shape index (κ3) is 5.80. The second-order valence-corrected chi connectivity index (χ2v) is 16.0. The Morgan fingerprint density at radius 3 is 1.02 bits per heavy atom. The van der Waals surface area contributed by atoms with E-state index in [-0.39, 0.29) is 0 Å². The Hall–Kier alpha value is -8.20. The highest BCUT2D eigenvalue weighted by Crippen LogP contribution is 2.50. The van der Waals surface area contributed by atoms with Crippen LogP contribution >= 0.6 is 0 Å². The van der Waals surface area contributed by atoms with E-state index >= 15 is 0 Å². The average Bonchev–Trinajstić information content (AvgIpc) is 3.35. The highest BCUT2D eigenvalue weighted by Gasteiger charge is 2.24. The first-order chi connectivity index (χ1) is 30.8. The minimum Gasteiger partial charge on any atom is -0.309 e. The van der Waals surface area contributed by atoms with Crippen LogP contribution < -0.4 is 9.80 Å². The van der Waals surface area contributed by atoms with Crippen molar-refractivity contribution in [3.8, 4) is 22.3 Å². The summed E-state index contributed by atoms with van der Waals surface area (Å²) in [7, 11) is 0. The molecule has 2 nitrogen and oxygen atoms in total. The summed E-state index contributed by atoms with van der Waals surface area (Å²) in [5.74, 6) is 0. The second-order valence-electron chi connectivity index (χ2n) is 16.0. The molecule has 0 unspecified atom stereocenters. The van der Waals surface area contributed by atoms with E-state index in [4.69, 9.17) is 0 Å². The van der Waals surface area contributed by atoms with Gasteiger partial charge in [-0.1, -0.05) is 194 Å². The van der Waals surface area contributed by atoms with Crippen LogP contribution in [0.2, 0.25) is 0 Å². The van der Waals surface area contributed by atoms with Gasteiger partial charge in [-0.25, -0.2) is 0 Å². The van der Waals surface area contributed by atoms with Crippen molar-refractivity contribution in [2.75, 3.05) is 9.80 Å². The number of fused-ring (bicyclic) bond motifs is 2. The molecule has 0 fully saturated rings. The molecule has 0 aromatic heterocycles. The van der Waals surface area contributed by atoms with Gasteiger partial charge in [-0.2, -0.15) is 0 Å². The van der Waals surface area contributed by atoms with E-state index in [1.54, 1.807) is 0 Å². The van der Waals surface area contributed by atoms with Crippen molar-refractivity contribution in [1.82, 2.24) is 0 Å². The Bertz CT molecular complexity index is 3340. The molecule has 0 atom stereocenters. The van der Waals surface area contributed by atoms with Crippen LogP contribution in [0.25, 0.3) is 76.1 Å². The molecule has 0 saturated carbocycles. The number of rotatable bonds is 8. The monoisotopic (exact) mass is 788 g/mol. The molecule has 0 bridgehead atoms. The molecule has 0 heterocycles. The molecule has 0 saturated heterocycles. The molecular formula is C60H40N2. The lowest BCUT2D eigenvalue weighted by atomic mass is 9.91. The fraction of sp³-hybridized carbons (Fsp3) is 0. The lowest BCUT2D eigenvalue weighted by Gasteiger charge is -2.31. The van der Waals surface area contributed by atoms with E-state index in [0.29, 0.717) is 0 Å². The maximum atomic E-state index is 2.46. The van der Waals surface area contributed by atoms with Gasteiger partial charge in [0.05, 0.1) is 22.7 Å². The molecule has 0 aliphatic heterocycles. The van der Waals surface area contributed by atoms with Gasteiger partial charge in [-0.3, -0.25) is 0 Å². The topological polar surface area (TPSA) is 6.48 Å². The number of benzene rings is 12. The van der Waals surface area contributed by atoms with Gasteiger partial charge in [0.25, 0.3) is 0 Å². The van der Waals surface area contributed by atoms with Crippen LogP contribution in [-0.4, -0.2) is 0 Å². The number of anilines is 6. The molecule has 290 valence electrons. The molecule has 12 aromatic rings. The molecule has 0 spiro atoms. The molecule has 62 heavy (non-hydrogen) atoms. The van der Waals surface area contributed by atoms with Gasteiger partial charge < -0.3 is 9.80 Å². The lowest BCUT2D eigenvalue weighted by Crippen LogP contribution is -2.12. The number of nitrogens with zero attached hydrogens (tertiary/aromatic N) is 2. The van der Waals surface area contributed by atoms with Gasteiger partial charge in [0.2, 0.25) is 0 Å². The van der Waals surface area contributed by atoms with Crippen molar-refractivity contribution in [3.63, 3.8) is 0 Å².